The van der Waals surface area contributed by atoms with Crippen molar-refractivity contribution in [1.82, 2.24) is 5.32 Å². The Kier molecular flexibility index (Phi) is 5.45. The SMILES string of the molecule is CCc1ccc(OC)c(C(NC)C(C)CN)c1. The second kappa shape index (κ2) is 6.62. The highest BCUT2D eigenvalue weighted by atomic mass is 16.5. The molecule has 0 radical (unpaired) electrons. The maximum Gasteiger partial charge on any atom is 0.123 e. The lowest BCUT2D eigenvalue weighted by molar-refractivity contribution is 0.373. The van der Waals surface area contributed by atoms with Gasteiger partial charge in [0, 0.05) is 11.6 Å². The third-order valence-corrected chi connectivity index (χ3v) is 3.29. The zero-order valence-electron chi connectivity index (χ0n) is 11.3. The number of rotatable bonds is 6. The van der Waals surface area contributed by atoms with Crippen molar-refractivity contribution in [3.8, 4) is 5.75 Å². The molecule has 0 aromatic heterocycles. The normalized spacial score (nSPS) is 14.4. The van der Waals surface area contributed by atoms with Crippen molar-refractivity contribution in [3.05, 3.63) is 29.3 Å². The minimum Gasteiger partial charge on any atom is -0.496 e. The molecular weight excluding hydrogens is 212 g/mol. The van der Waals surface area contributed by atoms with E-state index >= 15 is 0 Å². The van der Waals surface area contributed by atoms with Gasteiger partial charge in [-0.1, -0.05) is 26.0 Å². The number of nitrogens with two attached hydrogens (primary N) is 1. The van der Waals surface area contributed by atoms with Crippen LogP contribution in [0.5, 0.6) is 5.75 Å². The van der Waals surface area contributed by atoms with Crippen LogP contribution in [0.2, 0.25) is 0 Å². The average Bonchev–Trinajstić information content (AvgIpc) is 2.39. The van der Waals surface area contributed by atoms with Crippen LogP contribution in [-0.2, 0) is 6.42 Å². The molecule has 2 atom stereocenters. The van der Waals surface area contributed by atoms with Crippen molar-refractivity contribution < 1.29 is 4.74 Å². The Morgan fingerprint density at radius 2 is 2.12 bits per heavy atom. The zero-order chi connectivity index (χ0) is 12.8. The summed E-state index contributed by atoms with van der Waals surface area (Å²) in [7, 11) is 3.68. The molecule has 0 amide bonds. The van der Waals surface area contributed by atoms with Gasteiger partial charge in [0.15, 0.2) is 0 Å². The molecule has 17 heavy (non-hydrogen) atoms. The second-order valence-electron chi connectivity index (χ2n) is 4.41. The number of hydrogen-bond acceptors (Lipinski definition) is 3. The zero-order valence-corrected chi connectivity index (χ0v) is 11.3. The molecule has 1 rings (SSSR count). The molecule has 0 heterocycles. The summed E-state index contributed by atoms with van der Waals surface area (Å²) in [6, 6.07) is 6.61. The number of hydrogen-bond donors (Lipinski definition) is 2. The van der Waals surface area contributed by atoms with Gasteiger partial charge in [-0.05, 0) is 37.6 Å². The average molecular weight is 236 g/mol. The summed E-state index contributed by atoms with van der Waals surface area (Å²) >= 11 is 0. The first-order valence-corrected chi connectivity index (χ1v) is 6.22. The Morgan fingerprint density at radius 1 is 1.41 bits per heavy atom. The Morgan fingerprint density at radius 3 is 2.59 bits per heavy atom. The molecule has 0 aliphatic rings. The van der Waals surface area contributed by atoms with E-state index in [0.717, 1.165) is 12.2 Å². The van der Waals surface area contributed by atoms with Gasteiger partial charge in [0.2, 0.25) is 0 Å². The van der Waals surface area contributed by atoms with Crippen molar-refractivity contribution in [2.24, 2.45) is 11.7 Å². The fourth-order valence-corrected chi connectivity index (χ4v) is 2.13. The minimum atomic E-state index is 0.237. The van der Waals surface area contributed by atoms with E-state index < -0.39 is 0 Å². The predicted molar refractivity (Wildman–Crippen MR) is 72.4 cm³/mol. The van der Waals surface area contributed by atoms with Gasteiger partial charge in [0.1, 0.15) is 5.75 Å². The summed E-state index contributed by atoms with van der Waals surface area (Å²) in [5.41, 5.74) is 8.29. The summed E-state index contributed by atoms with van der Waals surface area (Å²) in [6.45, 7) is 4.97. The standard InChI is InChI=1S/C14H24N2O/c1-5-11-6-7-13(17-4)12(8-11)14(16-3)10(2)9-15/h6-8,10,14,16H,5,9,15H2,1-4H3. The fourth-order valence-electron chi connectivity index (χ4n) is 2.13. The molecule has 3 heteroatoms. The molecule has 0 saturated carbocycles. The van der Waals surface area contributed by atoms with E-state index in [1.54, 1.807) is 7.11 Å². The lowest BCUT2D eigenvalue weighted by atomic mass is 9.92. The molecule has 0 spiro atoms. The quantitative estimate of drug-likeness (QED) is 0.795. The number of ether oxygens (including phenoxy) is 1. The topological polar surface area (TPSA) is 47.3 Å². The van der Waals surface area contributed by atoms with Crippen LogP contribution in [0.3, 0.4) is 0 Å². The van der Waals surface area contributed by atoms with Gasteiger partial charge in [-0.15, -0.1) is 0 Å². The maximum atomic E-state index is 5.77. The van der Waals surface area contributed by atoms with E-state index in [4.69, 9.17) is 10.5 Å². The molecule has 2 unspecified atom stereocenters. The van der Waals surface area contributed by atoms with Crippen LogP contribution in [0, 0.1) is 5.92 Å². The van der Waals surface area contributed by atoms with Gasteiger partial charge in [0.05, 0.1) is 7.11 Å². The predicted octanol–water partition coefficient (Wildman–Crippen LogP) is 2.11. The van der Waals surface area contributed by atoms with Gasteiger partial charge in [-0.25, -0.2) is 0 Å². The number of nitrogens with one attached hydrogen (secondary N) is 1. The highest BCUT2D eigenvalue weighted by Crippen LogP contribution is 2.30. The summed E-state index contributed by atoms with van der Waals surface area (Å²) in [6.07, 6.45) is 1.03. The molecule has 96 valence electrons. The lowest BCUT2D eigenvalue weighted by Gasteiger charge is -2.25. The van der Waals surface area contributed by atoms with Crippen molar-refractivity contribution in [1.29, 1.82) is 0 Å². The molecule has 0 bridgehead atoms. The largest absolute Gasteiger partial charge is 0.496 e. The summed E-state index contributed by atoms with van der Waals surface area (Å²) in [5, 5.41) is 3.34. The van der Waals surface area contributed by atoms with E-state index in [1.165, 1.54) is 11.1 Å². The number of aryl methyl sites for hydroxylation is 1. The first-order valence-electron chi connectivity index (χ1n) is 6.22. The number of methoxy groups -OCH3 is 1. The van der Waals surface area contributed by atoms with Crippen molar-refractivity contribution in [2.45, 2.75) is 26.3 Å². The Bertz CT molecular complexity index is 352. The molecule has 0 aliphatic carbocycles. The van der Waals surface area contributed by atoms with Crippen molar-refractivity contribution in [3.63, 3.8) is 0 Å². The smallest absolute Gasteiger partial charge is 0.123 e. The van der Waals surface area contributed by atoms with Gasteiger partial charge in [-0.3, -0.25) is 0 Å². The Hall–Kier alpha value is -1.06. The van der Waals surface area contributed by atoms with Crippen LogP contribution in [0.15, 0.2) is 18.2 Å². The highest BCUT2D eigenvalue weighted by Gasteiger charge is 2.20. The summed E-state index contributed by atoms with van der Waals surface area (Å²) in [5.74, 6) is 1.31. The van der Waals surface area contributed by atoms with Crippen LogP contribution in [0.4, 0.5) is 0 Å². The molecule has 0 saturated heterocycles. The monoisotopic (exact) mass is 236 g/mol. The Labute approximate surface area is 104 Å². The van der Waals surface area contributed by atoms with Crippen LogP contribution < -0.4 is 15.8 Å². The van der Waals surface area contributed by atoms with E-state index in [-0.39, 0.29) is 6.04 Å². The Balaban J connectivity index is 3.14. The number of benzene rings is 1. The molecule has 3 nitrogen and oxygen atoms in total. The molecule has 1 aromatic carbocycles. The first kappa shape index (κ1) is 14.0. The summed E-state index contributed by atoms with van der Waals surface area (Å²) < 4.78 is 5.44. The molecule has 3 N–H and O–H groups in total. The van der Waals surface area contributed by atoms with E-state index in [0.29, 0.717) is 12.5 Å². The van der Waals surface area contributed by atoms with E-state index in [1.807, 2.05) is 13.1 Å². The highest BCUT2D eigenvalue weighted by molar-refractivity contribution is 5.40. The van der Waals surface area contributed by atoms with Crippen LogP contribution in [0.25, 0.3) is 0 Å². The van der Waals surface area contributed by atoms with E-state index in [2.05, 4.69) is 31.3 Å². The molecular formula is C14H24N2O. The van der Waals surface area contributed by atoms with Gasteiger partial charge in [-0.2, -0.15) is 0 Å². The molecule has 0 fully saturated rings. The maximum absolute atomic E-state index is 5.77. The third kappa shape index (κ3) is 3.20. The fraction of sp³-hybridized carbons (Fsp3) is 0.571. The minimum absolute atomic E-state index is 0.237. The van der Waals surface area contributed by atoms with Crippen LogP contribution in [-0.4, -0.2) is 20.7 Å². The van der Waals surface area contributed by atoms with Crippen LogP contribution >= 0.6 is 0 Å². The first-order chi connectivity index (χ1) is 8.17. The lowest BCUT2D eigenvalue weighted by Crippen LogP contribution is -2.29. The molecule has 1 aromatic rings. The van der Waals surface area contributed by atoms with Gasteiger partial charge in [0.25, 0.3) is 0 Å². The third-order valence-electron chi connectivity index (χ3n) is 3.29. The van der Waals surface area contributed by atoms with Crippen molar-refractivity contribution in [2.75, 3.05) is 20.7 Å². The molecule has 0 aliphatic heterocycles. The van der Waals surface area contributed by atoms with Crippen molar-refractivity contribution >= 4 is 0 Å². The summed E-state index contributed by atoms with van der Waals surface area (Å²) in [4.78, 5) is 0. The second-order valence-corrected chi connectivity index (χ2v) is 4.41. The van der Waals surface area contributed by atoms with Gasteiger partial charge < -0.3 is 15.8 Å². The van der Waals surface area contributed by atoms with Gasteiger partial charge >= 0.3 is 0 Å². The van der Waals surface area contributed by atoms with E-state index in [9.17, 15) is 0 Å². The van der Waals surface area contributed by atoms with Crippen LogP contribution in [0.1, 0.15) is 31.0 Å².